The van der Waals surface area contributed by atoms with Crippen molar-refractivity contribution >= 4 is 29.5 Å². The molecule has 1 heterocycles. The maximum absolute atomic E-state index is 13.0. The number of benzene rings is 1. The second-order valence-corrected chi connectivity index (χ2v) is 10.8. The molecule has 1 aliphatic heterocycles. The lowest BCUT2D eigenvalue weighted by Crippen LogP contribution is -2.65. The van der Waals surface area contributed by atoms with Gasteiger partial charge in [0.15, 0.2) is 30.1 Å². The molecule has 0 bridgehead atoms. The topological polar surface area (TPSA) is 144 Å². The van der Waals surface area contributed by atoms with Crippen LogP contribution in [0, 0.1) is 5.41 Å². The van der Waals surface area contributed by atoms with Gasteiger partial charge in [0.2, 0.25) is 0 Å². The van der Waals surface area contributed by atoms with Crippen LogP contribution in [-0.2, 0) is 54.3 Å². The van der Waals surface area contributed by atoms with Crippen molar-refractivity contribution in [2.45, 2.75) is 91.6 Å². The van der Waals surface area contributed by atoms with Gasteiger partial charge in [0, 0.05) is 39.3 Å². The Morgan fingerprint density at radius 2 is 1.48 bits per heavy atom. The highest BCUT2D eigenvalue weighted by Crippen LogP contribution is 2.35. The molecule has 0 unspecified atom stereocenters. The molecular weight excluding hydrogens is 522 g/mol. The molecule has 0 aromatic heterocycles. The molecule has 1 saturated carbocycles. The third kappa shape index (κ3) is 8.22. The van der Waals surface area contributed by atoms with Gasteiger partial charge in [-0.2, -0.15) is 0 Å². The fourth-order valence-corrected chi connectivity index (χ4v) is 4.96. The monoisotopic (exact) mass is 559 g/mol. The van der Waals surface area contributed by atoms with E-state index >= 15 is 0 Å². The molecule has 0 amide bonds. The number of rotatable bonds is 9. The average Bonchev–Trinajstić information content (AvgIpc) is 2.83. The lowest BCUT2D eigenvalue weighted by molar-refractivity contribution is -0.280. The van der Waals surface area contributed by atoms with Gasteiger partial charge in [0.05, 0.1) is 12.2 Å². The van der Waals surface area contributed by atoms with E-state index in [1.807, 2.05) is 44.2 Å². The Morgan fingerprint density at radius 1 is 0.900 bits per heavy atom. The van der Waals surface area contributed by atoms with Crippen LogP contribution in [0.2, 0.25) is 0 Å². The number of ether oxygens (including phenoxy) is 5. The van der Waals surface area contributed by atoms with Gasteiger partial charge in [0.25, 0.3) is 0 Å². The van der Waals surface area contributed by atoms with E-state index in [2.05, 4.69) is 5.32 Å². The highest BCUT2D eigenvalue weighted by molar-refractivity contribution is 6.22. The molecular formula is C29H37NO10. The highest BCUT2D eigenvalue weighted by Gasteiger charge is 2.51. The van der Waals surface area contributed by atoms with Crippen molar-refractivity contribution in [3.8, 4) is 0 Å². The van der Waals surface area contributed by atoms with Crippen molar-refractivity contribution in [1.82, 2.24) is 5.32 Å². The minimum Gasteiger partial charge on any atom is -0.463 e. The molecule has 0 radical (unpaired) electrons. The van der Waals surface area contributed by atoms with Crippen molar-refractivity contribution in [2.75, 3.05) is 6.61 Å². The fourth-order valence-electron chi connectivity index (χ4n) is 4.96. The standard InChI is InChI=1S/C29H37NO10/c1-16(24-21(34)12-29(5,6)13-22(24)35)30-25-27(39-19(4)33)26(38-18(3)32)23(15-36-17(2)31)40-28(25)37-14-20-10-8-7-9-11-20/h7-11,23,25-28,30H,12-15H2,1-6H3/t23-,25-,26-,27-,28+/m1/s1. The molecule has 3 rings (SSSR count). The molecule has 1 saturated heterocycles. The Kier molecular flexibility index (Phi) is 10.2. The first kappa shape index (κ1) is 31.0. The molecule has 1 aromatic rings. The summed E-state index contributed by atoms with van der Waals surface area (Å²) in [5.74, 6) is -2.57. The van der Waals surface area contributed by atoms with Crippen LogP contribution in [0.1, 0.15) is 59.9 Å². The van der Waals surface area contributed by atoms with E-state index in [1.54, 1.807) is 6.92 Å². The molecule has 1 aliphatic carbocycles. The fraction of sp³-hybridized carbons (Fsp3) is 0.552. The number of nitrogens with one attached hydrogen (secondary N) is 1. The molecule has 2 fully saturated rings. The van der Waals surface area contributed by atoms with E-state index in [-0.39, 0.29) is 48.9 Å². The first-order valence-corrected chi connectivity index (χ1v) is 13.1. The zero-order valence-corrected chi connectivity index (χ0v) is 23.7. The highest BCUT2D eigenvalue weighted by atomic mass is 16.7. The normalized spacial score (nSPS) is 26.1. The van der Waals surface area contributed by atoms with Gasteiger partial charge in [-0.25, -0.2) is 0 Å². The van der Waals surface area contributed by atoms with Crippen molar-refractivity contribution in [1.29, 1.82) is 0 Å². The SMILES string of the molecule is CC(=O)OC[C@H]1O[C@H](OCc2ccccc2)[C@H](NC(C)=C2C(=O)CC(C)(C)CC2=O)[C@@H](OC(C)=O)[C@@H]1OC(C)=O. The van der Waals surface area contributed by atoms with E-state index in [4.69, 9.17) is 23.7 Å². The van der Waals surface area contributed by atoms with Crippen LogP contribution < -0.4 is 5.32 Å². The summed E-state index contributed by atoms with van der Waals surface area (Å²) in [6, 6.07) is 8.22. The van der Waals surface area contributed by atoms with E-state index in [9.17, 15) is 24.0 Å². The number of hydrogen-bond acceptors (Lipinski definition) is 11. The van der Waals surface area contributed by atoms with Crippen molar-refractivity contribution in [3.63, 3.8) is 0 Å². The van der Waals surface area contributed by atoms with Gasteiger partial charge in [-0.1, -0.05) is 44.2 Å². The van der Waals surface area contributed by atoms with E-state index in [0.717, 1.165) is 5.56 Å². The predicted molar refractivity (Wildman–Crippen MR) is 140 cm³/mol. The maximum atomic E-state index is 13.0. The molecule has 0 spiro atoms. The van der Waals surface area contributed by atoms with Gasteiger partial charge < -0.3 is 29.0 Å². The van der Waals surface area contributed by atoms with Crippen LogP contribution >= 0.6 is 0 Å². The molecule has 218 valence electrons. The number of ketones is 2. The molecule has 11 nitrogen and oxygen atoms in total. The molecule has 11 heteroatoms. The number of carbonyl (C=O) groups excluding carboxylic acids is 5. The minimum absolute atomic E-state index is 0.0220. The summed E-state index contributed by atoms with van der Waals surface area (Å²) in [6.45, 7) is 8.67. The molecule has 2 aliphatic rings. The van der Waals surface area contributed by atoms with Crippen LogP contribution in [0.25, 0.3) is 0 Å². The third-order valence-corrected chi connectivity index (χ3v) is 6.55. The first-order valence-electron chi connectivity index (χ1n) is 13.1. The summed E-state index contributed by atoms with van der Waals surface area (Å²) in [5, 5.41) is 3.12. The van der Waals surface area contributed by atoms with Gasteiger partial charge in [-0.3, -0.25) is 24.0 Å². The minimum atomic E-state index is -1.20. The molecule has 5 atom stereocenters. The second-order valence-electron chi connectivity index (χ2n) is 10.8. The predicted octanol–water partition coefficient (Wildman–Crippen LogP) is 2.54. The maximum Gasteiger partial charge on any atom is 0.303 e. The largest absolute Gasteiger partial charge is 0.463 e. The molecule has 40 heavy (non-hydrogen) atoms. The summed E-state index contributed by atoms with van der Waals surface area (Å²) in [5.41, 5.74) is 0.638. The lowest BCUT2D eigenvalue weighted by Gasteiger charge is -2.45. The van der Waals surface area contributed by atoms with Crippen molar-refractivity contribution < 1.29 is 47.7 Å². The van der Waals surface area contributed by atoms with E-state index in [1.165, 1.54) is 20.8 Å². The number of hydrogen-bond donors (Lipinski definition) is 1. The number of allylic oxidation sites excluding steroid dienone is 2. The van der Waals surface area contributed by atoms with Crippen LogP contribution in [0.3, 0.4) is 0 Å². The van der Waals surface area contributed by atoms with Crippen molar-refractivity contribution in [3.05, 3.63) is 47.2 Å². The van der Waals surface area contributed by atoms with Gasteiger partial charge in [0.1, 0.15) is 18.8 Å². The quantitative estimate of drug-likeness (QED) is 0.206. The Morgan fingerprint density at radius 3 is 2.02 bits per heavy atom. The van der Waals surface area contributed by atoms with Gasteiger partial charge in [-0.05, 0) is 17.9 Å². The molecule has 1 aromatic carbocycles. The third-order valence-electron chi connectivity index (χ3n) is 6.55. The van der Waals surface area contributed by atoms with Crippen LogP contribution in [0.15, 0.2) is 41.6 Å². The van der Waals surface area contributed by atoms with Crippen molar-refractivity contribution in [2.24, 2.45) is 5.41 Å². The van der Waals surface area contributed by atoms with Gasteiger partial charge >= 0.3 is 17.9 Å². The number of esters is 3. The summed E-state index contributed by atoms with van der Waals surface area (Å²) >= 11 is 0. The second kappa shape index (κ2) is 13.2. The Bertz CT molecular complexity index is 1140. The smallest absolute Gasteiger partial charge is 0.303 e. The zero-order valence-electron chi connectivity index (χ0n) is 23.7. The number of Topliss-reactive ketones (excluding diaryl/α,β-unsaturated/α-hetero) is 2. The lowest BCUT2D eigenvalue weighted by atomic mass is 9.73. The van der Waals surface area contributed by atoms with Crippen LogP contribution in [0.4, 0.5) is 0 Å². The zero-order chi connectivity index (χ0) is 29.6. The van der Waals surface area contributed by atoms with Gasteiger partial charge in [-0.15, -0.1) is 0 Å². The Balaban J connectivity index is 2.03. The van der Waals surface area contributed by atoms with Crippen LogP contribution in [-0.4, -0.2) is 66.7 Å². The summed E-state index contributed by atoms with van der Waals surface area (Å²) in [4.78, 5) is 61.8. The first-order chi connectivity index (χ1) is 18.8. The van der Waals surface area contributed by atoms with Crippen LogP contribution in [0.5, 0.6) is 0 Å². The van der Waals surface area contributed by atoms with E-state index in [0.29, 0.717) is 0 Å². The summed E-state index contributed by atoms with van der Waals surface area (Å²) in [6.07, 6.45) is -4.21. The average molecular weight is 560 g/mol. The number of carbonyl (C=O) groups is 5. The Labute approximate surface area is 233 Å². The molecule has 1 N–H and O–H groups in total. The Hall–Kier alpha value is -3.57. The summed E-state index contributed by atoms with van der Waals surface area (Å²) in [7, 11) is 0. The van der Waals surface area contributed by atoms with E-state index < -0.39 is 54.0 Å². The summed E-state index contributed by atoms with van der Waals surface area (Å²) < 4.78 is 28.6.